The van der Waals surface area contributed by atoms with E-state index >= 15 is 0 Å². The zero-order valence-electron chi connectivity index (χ0n) is 48.5. The molecule has 1 aliphatic rings. The Morgan fingerprint density at radius 1 is 0.532 bits per heavy atom. The second-order valence-corrected chi connectivity index (χ2v) is 20.7. The Labute approximate surface area is 468 Å². The number of unbranched alkanes of at least 4 members (excludes halogenated alkanes) is 21. The molecule has 0 aliphatic carbocycles. The van der Waals surface area contributed by atoms with Gasteiger partial charge in [-0.1, -0.05) is 233 Å². The summed E-state index contributed by atoms with van der Waals surface area (Å²) < 4.78 is 17.6. The average Bonchev–Trinajstić information content (AvgIpc) is 3.43. The van der Waals surface area contributed by atoms with Crippen LogP contribution in [0.25, 0.3) is 0 Å². The summed E-state index contributed by atoms with van der Waals surface area (Å²) in [6.07, 6.45) is 61.2. The summed E-state index contributed by atoms with van der Waals surface area (Å²) in [7, 11) is 0. The molecule has 0 radical (unpaired) electrons. The number of amides is 1. The van der Waals surface area contributed by atoms with Gasteiger partial charge in [-0.05, 0) is 103 Å². The van der Waals surface area contributed by atoms with Crippen LogP contribution in [0.3, 0.4) is 0 Å². The van der Waals surface area contributed by atoms with Crippen molar-refractivity contribution in [1.82, 2.24) is 5.32 Å². The molecule has 8 unspecified atom stereocenters. The number of hydrogen-bond acceptors (Lipinski definition) is 10. The second-order valence-electron chi connectivity index (χ2n) is 20.7. The zero-order chi connectivity index (χ0) is 56.1. The van der Waals surface area contributed by atoms with Crippen molar-refractivity contribution in [2.75, 3.05) is 13.2 Å². The first-order valence-corrected chi connectivity index (χ1v) is 30.7. The van der Waals surface area contributed by atoms with E-state index in [1.807, 2.05) is 6.08 Å². The molecule has 0 aromatic rings. The normalized spacial score (nSPS) is 19.8. The van der Waals surface area contributed by atoms with Crippen molar-refractivity contribution in [3.8, 4) is 0 Å². The number of esters is 1. The lowest BCUT2D eigenvalue weighted by Gasteiger charge is -2.41. The van der Waals surface area contributed by atoms with Gasteiger partial charge in [0.1, 0.15) is 24.4 Å². The van der Waals surface area contributed by atoms with Crippen LogP contribution < -0.4 is 5.32 Å². The molecule has 0 saturated carbocycles. The maximum atomic E-state index is 13.4. The molecule has 11 nitrogen and oxygen atoms in total. The lowest BCUT2D eigenvalue weighted by atomic mass is 9.99. The molecule has 1 aliphatic heterocycles. The number of rotatable bonds is 50. The number of carbonyl (C=O) groups excluding carboxylic acids is 2. The van der Waals surface area contributed by atoms with Crippen LogP contribution in [-0.2, 0) is 23.8 Å². The van der Waals surface area contributed by atoms with E-state index in [2.05, 4.69) is 123 Å². The molecule has 8 atom stereocenters. The minimum atomic E-state index is -1.64. The number of aliphatic hydroxyl groups excluding tert-OH is 5. The molecule has 11 heteroatoms. The Morgan fingerprint density at radius 3 is 1.51 bits per heavy atom. The van der Waals surface area contributed by atoms with Gasteiger partial charge in [0.05, 0.1) is 25.4 Å². The van der Waals surface area contributed by atoms with Crippen molar-refractivity contribution >= 4 is 11.9 Å². The Balaban J connectivity index is 2.74. The van der Waals surface area contributed by atoms with Crippen molar-refractivity contribution in [2.24, 2.45) is 0 Å². The fourth-order valence-electron chi connectivity index (χ4n) is 8.82. The SMILES string of the molecule is CC/C=C\C/C=C\C/C=C\C/C=C\C/C=C\C/C=C\CCCCC(=O)OC1C(OCC(NC(=O)C(O)CCCCCCC/C=C/C=C/CCCCC)C(O)/C=C/CCCCCCCCCCCCC)OC(CO)C(O)C1O. The molecule has 0 spiro atoms. The molecule has 1 fully saturated rings. The third kappa shape index (κ3) is 41.1. The number of aliphatic hydroxyl groups is 5. The maximum Gasteiger partial charge on any atom is 0.306 e. The summed E-state index contributed by atoms with van der Waals surface area (Å²) >= 11 is 0. The smallest absolute Gasteiger partial charge is 0.306 e. The first kappa shape index (κ1) is 71.3. The molecule has 1 rings (SSSR count). The van der Waals surface area contributed by atoms with Crippen LogP contribution in [0.15, 0.2) is 109 Å². The monoisotopic (exact) mass is 1080 g/mol. The topological polar surface area (TPSA) is 175 Å². The Hall–Kier alpha value is -3.68. The maximum absolute atomic E-state index is 13.4. The lowest BCUT2D eigenvalue weighted by Crippen LogP contribution is -2.61. The highest BCUT2D eigenvalue weighted by Gasteiger charge is 2.47. The van der Waals surface area contributed by atoms with E-state index in [0.29, 0.717) is 12.8 Å². The van der Waals surface area contributed by atoms with E-state index in [0.717, 1.165) is 116 Å². The van der Waals surface area contributed by atoms with Gasteiger partial charge in [0.25, 0.3) is 0 Å². The fourth-order valence-corrected chi connectivity index (χ4v) is 8.82. The molecule has 1 heterocycles. The summed E-state index contributed by atoms with van der Waals surface area (Å²) in [5.74, 6) is -1.26. The van der Waals surface area contributed by atoms with Gasteiger partial charge < -0.3 is 45.1 Å². The van der Waals surface area contributed by atoms with Crippen molar-refractivity contribution in [2.45, 2.75) is 282 Å². The predicted octanol–water partition coefficient (Wildman–Crippen LogP) is 14.5. The third-order valence-corrected chi connectivity index (χ3v) is 13.7. The molecule has 440 valence electrons. The van der Waals surface area contributed by atoms with Gasteiger partial charge in [-0.2, -0.15) is 0 Å². The summed E-state index contributed by atoms with van der Waals surface area (Å²) in [5.41, 5.74) is 0. The molecule has 0 aromatic heterocycles. The van der Waals surface area contributed by atoms with Crippen molar-refractivity contribution < 1.29 is 49.3 Å². The zero-order valence-corrected chi connectivity index (χ0v) is 48.5. The van der Waals surface area contributed by atoms with Crippen LogP contribution >= 0.6 is 0 Å². The van der Waals surface area contributed by atoms with Crippen molar-refractivity contribution in [3.05, 3.63) is 109 Å². The Bertz CT molecular complexity index is 1660. The van der Waals surface area contributed by atoms with E-state index in [4.69, 9.17) is 14.2 Å². The number of carbonyl (C=O) groups is 2. The van der Waals surface area contributed by atoms with Crippen LogP contribution in [-0.4, -0.2) is 99.6 Å². The minimum absolute atomic E-state index is 0.0613. The molecule has 77 heavy (non-hydrogen) atoms. The van der Waals surface area contributed by atoms with Gasteiger partial charge in [0, 0.05) is 6.42 Å². The highest BCUT2D eigenvalue weighted by Crippen LogP contribution is 2.26. The highest BCUT2D eigenvalue weighted by molar-refractivity contribution is 5.80. The number of ether oxygens (including phenoxy) is 3. The van der Waals surface area contributed by atoms with E-state index in [1.54, 1.807) is 6.08 Å². The van der Waals surface area contributed by atoms with Gasteiger partial charge >= 0.3 is 5.97 Å². The third-order valence-electron chi connectivity index (χ3n) is 13.7. The van der Waals surface area contributed by atoms with Gasteiger partial charge in [-0.15, -0.1) is 0 Å². The number of nitrogens with one attached hydrogen (secondary N) is 1. The van der Waals surface area contributed by atoms with Gasteiger partial charge in [-0.3, -0.25) is 9.59 Å². The average molecular weight is 1080 g/mol. The Morgan fingerprint density at radius 2 is 0.974 bits per heavy atom. The minimum Gasteiger partial charge on any atom is -0.454 e. The summed E-state index contributed by atoms with van der Waals surface area (Å²) in [6.45, 7) is 5.60. The van der Waals surface area contributed by atoms with Crippen LogP contribution in [0.1, 0.15) is 233 Å². The summed E-state index contributed by atoms with van der Waals surface area (Å²) in [6, 6.07) is -1.05. The predicted molar refractivity (Wildman–Crippen MR) is 319 cm³/mol. The summed E-state index contributed by atoms with van der Waals surface area (Å²) in [5, 5.41) is 56.9. The molecular formula is C66H111NO10. The standard InChI is InChI=1S/C66H111NO10/c1-4-7-10-13-16-19-22-25-27-28-29-30-31-32-33-36-39-42-45-48-51-54-61(71)77-64-63(73)62(72)60(55-68)76-66(64)75-56-57(58(69)52-49-46-43-40-37-34-24-21-18-15-12-9-6-3)67-65(74)59(70)53-50-47-44-41-38-35-26-23-20-17-14-11-8-5-2/h7,10,16-17,19-20,23,25-27,29-30,32-33,39,42,49,52,57-60,62-64,66,68-70,72-73H,4-6,8-9,11-15,18,21-22,24,28,31,34-38,40-41,43-48,50-51,53-56H2,1-3H3,(H,67,74)/b10-7-,19-16-,20-17+,26-23+,27-25-,30-29-,33-32-,42-39-,52-49+. The molecule has 6 N–H and O–H groups in total. The molecular weight excluding hydrogens is 967 g/mol. The van der Waals surface area contributed by atoms with Gasteiger partial charge in [0.2, 0.25) is 5.91 Å². The number of hydrogen-bond donors (Lipinski definition) is 6. The number of allylic oxidation sites excluding steroid dienone is 17. The quantitative estimate of drug-likeness (QED) is 0.0149. The van der Waals surface area contributed by atoms with E-state index < -0.39 is 67.4 Å². The van der Waals surface area contributed by atoms with Crippen molar-refractivity contribution in [3.63, 3.8) is 0 Å². The van der Waals surface area contributed by atoms with Crippen molar-refractivity contribution in [1.29, 1.82) is 0 Å². The Kier molecular flexibility index (Phi) is 49.1. The molecule has 1 amide bonds. The van der Waals surface area contributed by atoms with Crippen LogP contribution in [0.5, 0.6) is 0 Å². The molecule has 1 saturated heterocycles. The van der Waals surface area contributed by atoms with E-state index in [9.17, 15) is 35.1 Å². The molecule has 0 aromatic carbocycles. The first-order valence-electron chi connectivity index (χ1n) is 30.7. The van der Waals surface area contributed by atoms with Crippen LogP contribution in [0.2, 0.25) is 0 Å². The van der Waals surface area contributed by atoms with Gasteiger partial charge in [-0.25, -0.2) is 0 Å². The van der Waals surface area contributed by atoms with Crippen LogP contribution in [0.4, 0.5) is 0 Å². The first-order chi connectivity index (χ1) is 37.7. The van der Waals surface area contributed by atoms with E-state index in [1.165, 1.54) is 70.6 Å². The lowest BCUT2D eigenvalue weighted by molar-refractivity contribution is -0.305. The second kappa shape index (κ2) is 53.0. The fraction of sp³-hybridized carbons (Fsp3) is 0.697. The van der Waals surface area contributed by atoms with Gasteiger partial charge in [0.15, 0.2) is 12.4 Å². The van der Waals surface area contributed by atoms with E-state index in [-0.39, 0.29) is 19.4 Å². The molecule has 0 bridgehead atoms. The summed E-state index contributed by atoms with van der Waals surface area (Å²) in [4.78, 5) is 26.5. The highest BCUT2D eigenvalue weighted by atomic mass is 16.7. The largest absolute Gasteiger partial charge is 0.454 e. The van der Waals surface area contributed by atoms with Crippen LogP contribution in [0, 0.1) is 0 Å².